The molecule has 2 fully saturated rings. The molecule has 0 amide bonds. The van der Waals surface area contributed by atoms with Crippen LogP contribution in [0.15, 0.2) is 0 Å². The second kappa shape index (κ2) is 3.46. The molecule has 0 bridgehead atoms. The van der Waals surface area contributed by atoms with Crippen LogP contribution in [0.3, 0.4) is 0 Å². The molecule has 0 spiro atoms. The highest BCUT2D eigenvalue weighted by atomic mass is 15.0. The Morgan fingerprint density at radius 1 is 1.20 bits per heavy atom. The summed E-state index contributed by atoms with van der Waals surface area (Å²) in [4.78, 5) is 0. The van der Waals surface area contributed by atoms with E-state index in [9.17, 15) is 0 Å². The van der Waals surface area contributed by atoms with Crippen molar-refractivity contribution in [3.63, 3.8) is 0 Å². The minimum atomic E-state index is 0.447. The van der Waals surface area contributed by atoms with Crippen molar-refractivity contribution in [3.8, 4) is 0 Å². The van der Waals surface area contributed by atoms with Gasteiger partial charge in [-0.25, -0.2) is 0 Å². The Morgan fingerprint density at radius 2 is 1.73 bits per heavy atom. The topological polar surface area (TPSA) is 38.0 Å². The van der Waals surface area contributed by atoms with E-state index in [2.05, 4.69) is 33.0 Å². The molecule has 0 radical (unpaired) electrons. The highest BCUT2D eigenvalue weighted by Crippen LogP contribution is 2.62. The summed E-state index contributed by atoms with van der Waals surface area (Å²) in [6.07, 6.45) is 3.87. The van der Waals surface area contributed by atoms with Gasteiger partial charge in [-0.15, -0.1) is 0 Å². The van der Waals surface area contributed by atoms with E-state index in [1.54, 1.807) is 0 Å². The lowest BCUT2D eigenvalue weighted by Crippen LogP contribution is -2.31. The van der Waals surface area contributed by atoms with Crippen LogP contribution in [-0.2, 0) is 0 Å². The largest absolute Gasteiger partial charge is 0.327 e. The van der Waals surface area contributed by atoms with E-state index in [1.807, 2.05) is 0 Å². The normalized spacial score (nSPS) is 30.2. The minimum Gasteiger partial charge on any atom is -0.327 e. The fourth-order valence-corrected chi connectivity index (χ4v) is 2.86. The Labute approximate surface area is 94.0 Å². The standard InChI is InChI=1S/C13H26N2/c1-12(2)11(13(12,3)4)15-8-7-10(14)9-5-6-9/h9-11,15H,5-8,14H2,1-4H3. The van der Waals surface area contributed by atoms with Gasteiger partial charge in [0.25, 0.3) is 0 Å². The van der Waals surface area contributed by atoms with Crippen molar-refractivity contribution < 1.29 is 0 Å². The summed E-state index contributed by atoms with van der Waals surface area (Å²) >= 11 is 0. The Kier molecular flexibility index (Phi) is 2.63. The molecule has 2 aliphatic carbocycles. The molecular weight excluding hydrogens is 184 g/mol. The van der Waals surface area contributed by atoms with E-state index >= 15 is 0 Å². The molecule has 0 heterocycles. The summed E-state index contributed by atoms with van der Waals surface area (Å²) in [7, 11) is 0. The van der Waals surface area contributed by atoms with Gasteiger partial charge in [-0.1, -0.05) is 27.7 Å². The molecule has 1 unspecified atom stereocenters. The van der Waals surface area contributed by atoms with Crippen molar-refractivity contribution in [3.05, 3.63) is 0 Å². The molecule has 2 rings (SSSR count). The highest BCUT2D eigenvalue weighted by molar-refractivity contribution is 5.17. The van der Waals surface area contributed by atoms with E-state index in [4.69, 9.17) is 5.73 Å². The van der Waals surface area contributed by atoms with Crippen molar-refractivity contribution in [1.29, 1.82) is 0 Å². The Hall–Kier alpha value is -0.0800. The number of rotatable bonds is 5. The van der Waals surface area contributed by atoms with Gasteiger partial charge < -0.3 is 11.1 Å². The summed E-state index contributed by atoms with van der Waals surface area (Å²) in [5.74, 6) is 0.840. The van der Waals surface area contributed by atoms with Gasteiger partial charge in [0.2, 0.25) is 0 Å². The zero-order chi connectivity index (χ0) is 11.3. The van der Waals surface area contributed by atoms with Crippen LogP contribution in [0.4, 0.5) is 0 Å². The van der Waals surface area contributed by atoms with Crippen molar-refractivity contribution in [2.75, 3.05) is 6.54 Å². The number of hydrogen-bond donors (Lipinski definition) is 2. The minimum absolute atomic E-state index is 0.447. The van der Waals surface area contributed by atoms with Gasteiger partial charge in [0, 0.05) is 12.1 Å². The predicted octanol–water partition coefficient (Wildman–Crippen LogP) is 2.14. The first-order valence-corrected chi connectivity index (χ1v) is 6.36. The highest BCUT2D eigenvalue weighted by Gasteiger charge is 2.64. The molecule has 0 aromatic rings. The molecule has 15 heavy (non-hydrogen) atoms. The van der Waals surface area contributed by atoms with Gasteiger partial charge >= 0.3 is 0 Å². The molecule has 2 heteroatoms. The first-order chi connectivity index (χ1) is 6.87. The van der Waals surface area contributed by atoms with Crippen molar-refractivity contribution in [1.82, 2.24) is 5.32 Å². The van der Waals surface area contributed by atoms with Crippen molar-refractivity contribution >= 4 is 0 Å². The maximum absolute atomic E-state index is 6.08. The third-order valence-electron chi connectivity index (χ3n) is 5.07. The number of nitrogens with one attached hydrogen (secondary N) is 1. The molecule has 0 aromatic heterocycles. The van der Waals surface area contributed by atoms with Crippen LogP contribution in [0.2, 0.25) is 0 Å². The second-order valence-electron chi connectivity index (χ2n) is 6.62. The van der Waals surface area contributed by atoms with Crippen LogP contribution in [0, 0.1) is 16.7 Å². The maximum atomic E-state index is 6.08. The van der Waals surface area contributed by atoms with Crippen LogP contribution in [0.1, 0.15) is 47.0 Å². The summed E-state index contributed by atoms with van der Waals surface area (Å²) < 4.78 is 0. The van der Waals surface area contributed by atoms with E-state index in [0.717, 1.165) is 18.9 Å². The molecule has 88 valence electrons. The average molecular weight is 210 g/mol. The molecule has 0 aliphatic heterocycles. The van der Waals surface area contributed by atoms with Gasteiger partial charge in [0.15, 0.2) is 0 Å². The maximum Gasteiger partial charge on any atom is 0.0181 e. The van der Waals surface area contributed by atoms with Crippen LogP contribution in [0.5, 0.6) is 0 Å². The first-order valence-electron chi connectivity index (χ1n) is 6.36. The van der Waals surface area contributed by atoms with Crippen LogP contribution in [-0.4, -0.2) is 18.6 Å². The lowest BCUT2D eigenvalue weighted by atomic mass is 10.0. The lowest BCUT2D eigenvalue weighted by molar-refractivity contribution is 0.457. The molecular formula is C13H26N2. The van der Waals surface area contributed by atoms with E-state index in [-0.39, 0.29) is 0 Å². The van der Waals surface area contributed by atoms with Gasteiger partial charge in [-0.3, -0.25) is 0 Å². The van der Waals surface area contributed by atoms with Crippen LogP contribution >= 0.6 is 0 Å². The number of hydrogen-bond acceptors (Lipinski definition) is 2. The summed E-state index contributed by atoms with van der Waals surface area (Å²) in [6, 6.07) is 1.12. The van der Waals surface area contributed by atoms with E-state index in [0.29, 0.717) is 22.9 Å². The predicted molar refractivity (Wildman–Crippen MR) is 64.7 cm³/mol. The first kappa shape index (κ1) is 11.4. The monoisotopic (exact) mass is 210 g/mol. The van der Waals surface area contributed by atoms with Crippen LogP contribution in [0.25, 0.3) is 0 Å². The van der Waals surface area contributed by atoms with Gasteiger partial charge in [0.05, 0.1) is 0 Å². The molecule has 1 atom stereocenters. The smallest absolute Gasteiger partial charge is 0.0181 e. The Bertz CT molecular complexity index is 227. The molecule has 2 nitrogen and oxygen atoms in total. The second-order valence-corrected chi connectivity index (χ2v) is 6.62. The van der Waals surface area contributed by atoms with Gasteiger partial charge in [-0.2, -0.15) is 0 Å². The molecule has 0 saturated heterocycles. The zero-order valence-electron chi connectivity index (χ0n) is 10.6. The van der Waals surface area contributed by atoms with Gasteiger partial charge in [0.1, 0.15) is 0 Å². The zero-order valence-corrected chi connectivity index (χ0v) is 10.6. The Balaban J connectivity index is 1.67. The summed E-state index contributed by atoms with van der Waals surface area (Å²) in [5, 5.41) is 3.67. The van der Waals surface area contributed by atoms with E-state index < -0.39 is 0 Å². The average Bonchev–Trinajstić information content (AvgIpc) is 2.99. The molecule has 2 saturated carbocycles. The quantitative estimate of drug-likeness (QED) is 0.729. The van der Waals surface area contributed by atoms with Crippen molar-refractivity contribution in [2.45, 2.75) is 59.0 Å². The van der Waals surface area contributed by atoms with E-state index in [1.165, 1.54) is 12.8 Å². The fourth-order valence-electron chi connectivity index (χ4n) is 2.86. The van der Waals surface area contributed by atoms with Gasteiger partial charge in [-0.05, 0) is 42.6 Å². The summed E-state index contributed by atoms with van der Waals surface area (Å²) in [6.45, 7) is 10.5. The fraction of sp³-hybridized carbons (Fsp3) is 1.00. The Morgan fingerprint density at radius 3 is 2.13 bits per heavy atom. The van der Waals surface area contributed by atoms with Crippen molar-refractivity contribution in [2.24, 2.45) is 22.5 Å². The summed E-state index contributed by atoms with van der Waals surface area (Å²) in [5.41, 5.74) is 6.99. The molecule has 0 aromatic carbocycles. The third kappa shape index (κ3) is 1.94. The SMILES string of the molecule is CC1(C)C(NCCC(N)C2CC2)C1(C)C. The molecule has 2 aliphatic rings. The van der Waals surface area contributed by atoms with Crippen LogP contribution < -0.4 is 11.1 Å². The lowest BCUT2D eigenvalue weighted by Gasteiger charge is -2.11. The third-order valence-corrected chi connectivity index (χ3v) is 5.07. The number of nitrogens with two attached hydrogens (primary N) is 1. The molecule has 3 N–H and O–H groups in total.